The lowest BCUT2D eigenvalue weighted by molar-refractivity contribution is -0.177. The number of carbonyl (C=O) groups excluding carboxylic acids is 2. The van der Waals surface area contributed by atoms with Crippen molar-refractivity contribution in [3.8, 4) is 23.0 Å². The number of benzene rings is 2. The van der Waals surface area contributed by atoms with E-state index < -0.39 is 34.2 Å². The predicted octanol–water partition coefficient (Wildman–Crippen LogP) is 4.12. The normalized spacial score (nSPS) is 39.1. The average molecular weight is 634 g/mol. The van der Waals surface area contributed by atoms with Crippen LogP contribution in [0.5, 0.6) is 23.0 Å². The van der Waals surface area contributed by atoms with Crippen molar-refractivity contribution in [1.82, 2.24) is 5.32 Å². The SMILES string of the molecule is C.C.COc1ccc2c3c1OC1C(=O)CCC4(O)C(C2)NCCC314.COc1ccc2c3c1OC1C(=O)CCC4(O)C(CCCC314)C2. The summed E-state index contributed by atoms with van der Waals surface area (Å²) in [6.07, 6.45) is 6.11. The van der Waals surface area contributed by atoms with E-state index in [9.17, 15) is 19.8 Å². The van der Waals surface area contributed by atoms with E-state index in [1.165, 1.54) is 11.1 Å². The molecule has 4 fully saturated rings. The van der Waals surface area contributed by atoms with Gasteiger partial charge in [-0.15, -0.1) is 0 Å². The van der Waals surface area contributed by atoms with Crippen LogP contribution in [0.15, 0.2) is 24.3 Å². The van der Waals surface area contributed by atoms with Crippen molar-refractivity contribution in [1.29, 1.82) is 0 Å². The Kier molecular flexibility index (Phi) is 6.96. The molecule has 3 aliphatic heterocycles. The molecule has 8 unspecified atom stereocenters. The first-order valence-electron chi connectivity index (χ1n) is 16.2. The van der Waals surface area contributed by atoms with Gasteiger partial charge in [-0.3, -0.25) is 9.59 Å². The zero-order chi connectivity index (χ0) is 30.2. The van der Waals surface area contributed by atoms with Crippen molar-refractivity contribution >= 4 is 11.6 Å². The fraction of sp³-hybridized carbons (Fsp3) is 0.622. The highest BCUT2D eigenvalue weighted by Gasteiger charge is 2.73. The van der Waals surface area contributed by atoms with Crippen molar-refractivity contribution < 1.29 is 38.7 Å². The summed E-state index contributed by atoms with van der Waals surface area (Å²) in [5.41, 5.74) is 1.67. The molecule has 8 atom stereocenters. The maximum absolute atomic E-state index is 12.6. The number of carbonyl (C=O) groups is 2. The summed E-state index contributed by atoms with van der Waals surface area (Å²) >= 11 is 0. The predicted molar refractivity (Wildman–Crippen MR) is 171 cm³/mol. The van der Waals surface area contributed by atoms with E-state index in [0.29, 0.717) is 48.7 Å². The molecule has 0 amide bonds. The molecule has 9 nitrogen and oxygen atoms in total. The summed E-state index contributed by atoms with van der Waals surface area (Å²) < 4.78 is 23.2. The topological polar surface area (TPSA) is 124 Å². The summed E-state index contributed by atoms with van der Waals surface area (Å²) in [5.74, 6) is 3.22. The Labute approximate surface area is 270 Å². The molecule has 2 aromatic rings. The van der Waals surface area contributed by atoms with Crippen molar-refractivity contribution in [2.75, 3.05) is 20.8 Å². The van der Waals surface area contributed by atoms with Crippen LogP contribution in [0.2, 0.25) is 0 Å². The summed E-state index contributed by atoms with van der Waals surface area (Å²) in [6.45, 7) is 0.802. The second-order valence-electron chi connectivity index (χ2n) is 14.2. The highest BCUT2D eigenvalue weighted by molar-refractivity contribution is 5.91. The van der Waals surface area contributed by atoms with Crippen LogP contribution >= 0.6 is 0 Å². The highest BCUT2D eigenvalue weighted by Crippen LogP contribution is 2.67. The van der Waals surface area contributed by atoms with E-state index in [0.717, 1.165) is 56.2 Å². The maximum Gasteiger partial charge on any atom is 0.174 e. The molecule has 3 heterocycles. The number of rotatable bonds is 2. The molecule has 248 valence electrons. The molecule has 2 spiro atoms. The smallest absolute Gasteiger partial charge is 0.174 e. The van der Waals surface area contributed by atoms with Gasteiger partial charge in [0.1, 0.15) is 0 Å². The van der Waals surface area contributed by atoms with Crippen LogP contribution in [0.1, 0.15) is 88.5 Å². The van der Waals surface area contributed by atoms with Crippen molar-refractivity contribution in [3.63, 3.8) is 0 Å². The van der Waals surface area contributed by atoms with Crippen LogP contribution in [0, 0.1) is 5.92 Å². The summed E-state index contributed by atoms with van der Waals surface area (Å²) in [5, 5.41) is 26.6. The lowest BCUT2D eigenvalue weighted by Crippen LogP contribution is -2.76. The molecule has 2 aromatic carbocycles. The second kappa shape index (κ2) is 10.2. The number of ketones is 2. The van der Waals surface area contributed by atoms with E-state index in [1.807, 2.05) is 12.1 Å². The third kappa shape index (κ3) is 3.37. The second-order valence-corrected chi connectivity index (χ2v) is 14.2. The van der Waals surface area contributed by atoms with Crippen molar-refractivity contribution in [2.45, 2.75) is 119 Å². The Morgan fingerprint density at radius 1 is 0.761 bits per heavy atom. The Bertz CT molecular complexity index is 1520. The first kappa shape index (κ1) is 31.5. The van der Waals surface area contributed by atoms with Gasteiger partial charge in [0.25, 0.3) is 0 Å². The Morgan fingerprint density at radius 3 is 1.89 bits per heavy atom. The van der Waals surface area contributed by atoms with Gasteiger partial charge in [0, 0.05) is 30.0 Å². The minimum atomic E-state index is -0.908. The molecule has 0 aromatic heterocycles. The van der Waals surface area contributed by atoms with E-state index in [1.54, 1.807) is 14.2 Å². The monoisotopic (exact) mass is 633 g/mol. The number of Topliss-reactive ketones (excluding diaryl/α,β-unsaturated/α-hetero) is 2. The maximum atomic E-state index is 12.6. The number of aliphatic hydroxyl groups is 2. The van der Waals surface area contributed by atoms with E-state index in [4.69, 9.17) is 18.9 Å². The molecule has 8 aliphatic rings. The largest absolute Gasteiger partial charge is 0.493 e. The Morgan fingerprint density at radius 2 is 1.30 bits per heavy atom. The summed E-state index contributed by atoms with van der Waals surface area (Å²) in [4.78, 5) is 25.1. The minimum Gasteiger partial charge on any atom is -0.493 e. The number of methoxy groups -OCH3 is 2. The molecule has 5 aliphatic carbocycles. The Balaban J connectivity index is 0.000000141. The fourth-order valence-electron chi connectivity index (χ4n) is 11.2. The van der Waals surface area contributed by atoms with Gasteiger partial charge in [0.15, 0.2) is 46.8 Å². The van der Waals surface area contributed by atoms with Gasteiger partial charge in [0.05, 0.1) is 36.3 Å². The van der Waals surface area contributed by atoms with Crippen LogP contribution in [0.3, 0.4) is 0 Å². The summed E-state index contributed by atoms with van der Waals surface area (Å²) in [6, 6.07) is 8.00. The van der Waals surface area contributed by atoms with Crippen LogP contribution in [-0.2, 0) is 33.3 Å². The van der Waals surface area contributed by atoms with E-state index in [-0.39, 0.29) is 38.4 Å². The third-order valence-electron chi connectivity index (χ3n) is 12.9. The van der Waals surface area contributed by atoms with Gasteiger partial charge < -0.3 is 34.5 Å². The molecule has 3 saturated carbocycles. The molecule has 9 heteroatoms. The lowest BCUT2D eigenvalue weighted by atomic mass is 9.46. The van der Waals surface area contributed by atoms with Gasteiger partial charge >= 0.3 is 0 Å². The molecule has 0 radical (unpaired) electrons. The number of hydrogen-bond acceptors (Lipinski definition) is 9. The molecule has 46 heavy (non-hydrogen) atoms. The highest BCUT2D eigenvalue weighted by atomic mass is 16.5. The van der Waals surface area contributed by atoms with Crippen molar-refractivity contribution in [2.24, 2.45) is 5.92 Å². The fourth-order valence-corrected chi connectivity index (χ4v) is 11.2. The average Bonchev–Trinajstić information content (AvgIpc) is 3.55. The number of ether oxygens (including phenoxy) is 4. The molecular formula is C37H47NO8. The third-order valence-corrected chi connectivity index (χ3v) is 12.9. The van der Waals surface area contributed by atoms with Gasteiger partial charge in [-0.2, -0.15) is 0 Å². The molecule has 10 rings (SSSR count). The zero-order valence-corrected chi connectivity index (χ0v) is 25.2. The standard InChI is InChI=1S/C18H20O4.C17H19NO4.2CH4/c1-21-13-5-4-10-9-11-3-2-7-17-14(10)15(13)22-16(17)12(19)6-8-18(11,17)20;1-21-11-3-2-9-8-12-17(20)5-4-10(19)15-16(17,6-7-18-12)13(9)14(11)22-15;;/h4-5,11,16,20H,2-3,6-9H2,1H3;2-3,12,15,18,20H,4-8H2,1H3;2*1H4. The van der Waals surface area contributed by atoms with E-state index in [2.05, 4.69) is 17.4 Å². The van der Waals surface area contributed by atoms with Crippen LogP contribution < -0.4 is 24.3 Å². The first-order chi connectivity index (χ1) is 21.2. The quantitative estimate of drug-likeness (QED) is 0.448. The van der Waals surface area contributed by atoms with Gasteiger partial charge in [-0.25, -0.2) is 0 Å². The molecule has 1 saturated heterocycles. The summed E-state index contributed by atoms with van der Waals surface area (Å²) in [7, 11) is 3.24. The van der Waals surface area contributed by atoms with Crippen LogP contribution in [-0.4, -0.2) is 72.0 Å². The number of nitrogens with one attached hydrogen (secondary N) is 1. The van der Waals surface area contributed by atoms with Gasteiger partial charge in [0.2, 0.25) is 0 Å². The van der Waals surface area contributed by atoms with Crippen LogP contribution in [0.25, 0.3) is 0 Å². The Hall–Kier alpha value is -3.14. The number of hydrogen-bond donors (Lipinski definition) is 3. The molecule has 3 N–H and O–H groups in total. The first-order valence-corrected chi connectivity index (χ1v) is 16.2. The molecule has 4 bridgehead atoms. The number of piperidine rings is 1. The van der Waals surface area contributed by atoms with Gasteiger partial charge in [-0.05, 0) is 80.7 Å². The molecular weight excluding hydrogens is 586 g/mol. The van der Waals surface area contributed by atoms with E-state index >= 15 is 0 Å². The van der Waals surface area contributed by atoms with Crippen LogP contribution in [0.4, 0.5) is 0 Å². The zero-order valence-electron chi connectivity index (χ0n) is 25.2. The lowest BCUT2D eigenvalue weighted by Gasteiger charge is -2.59. The van der Waals surface area contributed by atoms with Crippen molar-refractivity contribution in [3.05, 3.63) is 46.5 Å². The van der Waals surface area contributed by atoms with Gasteiger partial charge in [-0.1, -0.05) is 33.4 Å². The minimum absolute atomic E-state index is 0.